The third-order valence-electron chi connectivity index (χ3n) is 8.24. The standard InChI is InChI=1S/C37H23N7/c1-2-10-24(11-3-1)34-35(42-44-33(30-15-8-9-19-39-30)20-25-12-4-5-13-27(25)36(34)44)26-17-18-29-28-14-6-7-16-31(28)43(32(29)21-26)37-40-22-38-23-41-37/h1-23H. The molecule has 0 aliphatic heterocycles. The summed E-state index contributed by atoms with van der Waals surface area (Å²) in [6, 6.07) is 42.1. The quantitative estimate of drug-likeness (QED) is 0.215. The second kappa shape index (κ2) is 9.68. The number of para-hydroxylation sites is 1. The zero-order valence-corrected chi connectivity index (χ0v) is 23.4. The van der Waals surface area contributed by atoms with Crippen molar-refractivity contribution in [1.82, 2.24) is 34.1 Å². The van der Waals surface area contributed by atoms with Crippen LogP contribution in [0.5, 0.6) is 0 Å². The fourth-order valence-electron chi connectivity index (χ4n) is 6.35. The molecule has 9 rings (SSSR count). The van der Waals surface area contributed by atoms with Gasteiger partial charge in [0, 0.05) is 33.5 Å². The normalized spacial score (nSPS) is 11.6. The summed E-state index contributed by atoms with van der Waals surface area (Å²) in [5.74, 6) is 0.574. The Morgan fingerprint density at radius 1 is 0.545 bits per heavy atom. The van der Waals surface area contributed by atoms with E-state index in [0.29, 0.717) is 5.95 Å². The highest BCUT2D eigenvalue weighted by molar-refractivity contribution is 6.12. The van der Waals surface area contributed by atoms with E-state index >= 15 is 0 Å². The molecule has 206 valence electrons. The van der Waals surface area contributed by atoms with Gasteiger partial charge in [-0.05, 0) is 41.3 Å². The van der Waals surface area contributed by atoms with Crippen molar-refractivity contribution in [2.45, 2.75) is 0 Å². The number of rotatable bonds is 4. The maximum Gasteiger partial charge on any atom is 0.237 e. The number of pyridine rings is 2. The van der Waals surface area contributed by atoms with Crippen LogP contribution in [0.25, 0.3) is 77.8 Å². The van der Waals surface area contributed by atoms with Gasteiger partial charge in [-0.15, -0.1) is 0 Å². The summed E-state index contributed by atoms with van der Waals surface area (Å²) >= 11 is 0. The van der Waals surface area contributed by atoms with Crippen LogP contribution in [-0.4, -0.2) is 34.1 Å². The van der Waals surface area contributed by atoms with Gasteiger partial charge in [-0.3, -0.25) is 9.55 Å². The first-order valence-electron chi connectivity index (χ1n) is 14.4. The first kappa shape index (κ1) is 24.4. The molecule has 7 nitrogen and oxygen atoms in total. The van der Waals surface area contributed by atoms with Crippen LogP contribution in [0.15, 0.2) is 140 Å². The largest absolute Gasteiger partial charge is 0.278 e. The van der Waals surface area contributed by atoms with Crippen molar-refractivity contribution in [3.05, 3.63) is 140 Å². The number of hydrogen-bond donors (Lipinski definition) is 0. The molecule has 0 spiro atoms. The minimum Gasteiger partial charge on any atom is -0.278 e. The van der Waals surface area contributed by atoms with Crippen LogP contribution >= 0.6 is 0 Å². The molecule has 7 heteroatoms. The number of benzene rings is 4. The molecule has 0 unspecified atom stereocenters. The molecule has 0 atom stereocenters. The number of hydrogen-bond acceptors (Lipinski definition) is 5. The highest BCUT2D eigenvalue weighted by atomic mass is 15.2. The van der Waals surface area contributed by atoms with Crippen molar-refractivity contribution in [2.75, 3.05) is 0 Å². The van der Waals surface area contributed by atoms with Gasteiger partial charge in [-0.1, -0.05) is 91.0 Å². The molecule has 0 N–H and O–H groups in total. The molecule has 44 heavy (non-hydrogen) atoms. The zero-order valence-electron chi connectivity index (χ0n) is 23.4. The summed E-state index contributed by atoms with van der Waals surface area (Å²) in [6.07, 6.45) is 4.89. The van der Waals surface area contributed by atoms with Gasteiger partial charge in [-0.2, -0.15) is 5.10 Å². The van der Waals surface area contributed by atoms with Crippen molar-refractivity contribution in [3.63, 3.8) is 0 Å². The van der Waals surface area contributed by atoms with Crippen LogP contribution in [0, 0.1) is 0 Å². The molecule has 4 aromatic carbocycles. The minimum absolute atomic E-state index is 0.574. The molecule has 0 amide bonds. The Bertz CT molecular complexity index is 2480. The smallest absolute Gasteiger partial charge is 0.237 e. The van der Waals surface area contributed by atoms with Crippen LogP contribution in [-0.2, 0) is 0 Å². The average molecular weight is 566 g/mol. The molecular formula is C37H23N7. The van der Waals surface area contributed by atoms with E-state index in [9.17, 15) is 0 Å². The van der Waals surface area contributed by atoms with Gasteiger partial charge >= 0.3 is 0 Å². The summed E-state index contributed by atoms with van der Waals surface area (Å²) in [5.41, 5.74) is 8.93. The van der Waals surface area contributed by atoms with Crippen molar-refractivity contribution in [3.8, 4) is 39.7 Å². The van der Waals surface area contributed by atoms with Gasteiger partial charge in [0.2, 0.25) is 5.95 Å². The topological polar surface area (TPSA) is 73.8 Å². The first-order valence-corrected chi connectivity index (χ1v) is 14.4. The van der Waals surface area contributed by atoms with Crippen LogP contribution in [0.4, 0.5) is 0 Å². The number of fused-ring (bicyclic) bond motifs is 6. The van der Waals surface area contributed by atoms with Crippen molar-refractivity contribution < 1.29 is 0 Å². The number of nitrogens with zero attached hydrogens (tertiary/aromatic N) is 7. The van der Waals surface area contributed by atoms with E-state index in [1.165, 1.54) is 12.7 Å². The lowest BCUT2D eigenvalue weighted by Crippen LogP contribution is -2.00. The summed E-state index contributed by atoms with van der Waals surface area (Å²) in [5, 5.41) is 9.89. The lowest BCUT2D eigenvalue weighted by molar-refractivity contribution is 0.939. The fraction of sp³-hybridized carbons (Fsp3) is 0. The van der Waals surface area contributed by atoms with Gasteiger partial charge in [0.25, 0.3) is 0 Å². The van der Waals surface area contributed by atoms with E-state index < -0.39 is 0 Å². The van der Waals surface area contributed by atoms with Gasteiger partial charge < -0.3 is 0 Å². The van der Waals surface area contributed by atoms with Crippen LogP contribution in [0.2, 0.25) is 0 Å². The summed E-state index contributed by atoms with van der Waals surface area (Å²) < 4.78 is 4.16. The Hall–Kier alpha value is -6.21. The Balaban J connectivity index is 1.42. The van der Waals surface area contributed by atoms with Crippen molar-refractivity contribution >= 4 is 38.1 Å². The van der Waals surface area contributed by atoms with Gasteiger partial charge in [0.1, 0.15) is 18.3 Å². The van der Waals surface area contributed by atoms with E-state index in [2.05, 4.69) is 115 Å². The summed E-state index contributed by atoms with van der Waals surface area (Å²) in [6.45, 7) is 0. The number of aromatic nitrogens is 7. The Morgan fingerprint density at radius 2 is 1.30 bits per heavy atom. The van der Waals surface area contributed by atoms with Crippen molar-refractivity contribution in [2.24, 2.45) is 0 Å². The highest BCUT2D eigenvalue weighted by Gasteiger charge is 2.23. The lowest BCUT2D eigenvalue weighted by atomic mass is 9.96. The Labute approximate surface area is 251 Å². The second-order valence-corrected chi connectivity index (χ2v) is 10.7. The van der Waals surface area contributed by atoms with E-state index in [4.69, 9.17) is 10.1 Å². The molecule has 5 aromatic heterocycles. The monoisotopic (exact) mass is 565 g/mol. The molecule has 9 aromatic rings. The molecule has 0 radical (unpaired) electrons. The van der Waals surface area contributed by atoms with E-state index in [-0.39, 0.29) is 0 Å². The van der Waals surface area contributed by atoms with Gasteiger partial charge in [0.05, 0.1) is 27.9 Å². The fourth-order valence-corrected chi connectivity index (χ4v) is 6.35. The maximum absolute atomic E-state index is 5.38. The minimum atomic E-state index is 0.574. The van der Waals surface area contributed by atoms with Gasteiger partial charge in [-0.25, -0.2) is 19.5 Å². The summed E-state index contributed by atoms with van der Waals surface area (Å²) in [7, 11) is 0. The third kappa shape index (κ3) is 3.66. The first-order chi connectivity index (χ1) is 21.8. The SMILES string of the molecule is c1ccc(-c2c(-c3ccc4c5ccccc5n(-c5ncncn5)c4c3)nn3c(-c4ccccn4)cc4ccccc4c23)cc1. The summed E-state index contributed by atoms with van der Waals surface area (Å²) in [4.78, 5) is 17.8. The van der Waals surface area contributed by atoms with Crippen LogP contribution < -0.4 is 0 Å². The van der Waals surface area contributed by atoms with E-state index in [1.54, 1.807) is 0 Å². The zero-order chi connectivity index (χ0) is 29.0. The maximum atomic E-state index is 5.38. The lowest BCUT2D eigenvalue weighted by Gasteiger charge is -2.10. The van der Waals surface area contributed by atoms with Crippen LogP contribution in [0.3, 0.4) is 0 Å². The third-order valence-corrected chi connectivity index (χ3v) is 8.24. The Kier molecular flexibility index (Phi) is 5.36. The molecule has 0 saturated carbocycles. The molecule has 0 aliphatic rings. The molecule has 0 bridgehead atoms. The molecular weight excluding hydrogens is 542 g/mol. The predicted octanol–water partition coefficient (Wildman–Crippen LogP) is 8.17. The molecule has 0 aliphatic carbocycles. The molecule has 5 heterocycles. The average Bonchev–Trinajstić information content (AvgIpc) is 3.66. The van der Waals surface area contributed by atoms with Crippen LogP contribution in [0.1, 0.15) is 0 Å². The molecule has 0 fully saturated rings. The Morgan fingerprint density at radius 3 is 2.14 bits per heavy atom. The highest BCUT2D eigenvalue weighted by Crippen LogP contribution is 2.42. The van der Waals surface area contributed by atoms with Crippen molar-refractivity contribution in [1.29, 1.82) is 0 Å². The van der Waals surface area contributed by atoms with Gasteiger partial charge in [0.15, 0.2) is 0 Å². The van der Waals surface area contributed by atoms with E-state index in [1.807, 2.05) is 36.5 Å². The second-order valence-electron chi connectivity index (χ2n) is 10.7. The molecule has 0 saturated heterocycles. The van der Waals surface area contributed by atoms with E-state index in [0.717, 1.165) is 71.9 Å². The predicted molar refractivity (Wildman–Crippen MR) is 175 cm³/mol.